The molecule has 1 rings (SSSR count). The van der Waals surface area contributed by atoms with Gasteiger partial charge in [0.15, 0.2) is 0 Å². The quantitative estimate of drug-likeness (QED) is 0.608. The van der Waals surface area contributed by atoms with Crippen LogP contribution in [0.1, 0.15) is 6.92 Å². The highest BCUT2D eigenvalue weighted by atomic mass is 16.6. The van der Waals surface area contributed by atoms with Crippen LogP contribution in [-0.4, -0.2) is 17.1 Å². The zero-order valence-electron chi connectivity index (χ0n) is 8.71. The fraction of sp³-hybridized carbons (Fsp3) is 0.300. The van der Waals surface area contributed by atoms with Crippen molar-refractivity contribution in [2.45, 2.75) is 12.5 Å². The highest BCUT2D eigenvalue weighted by Crippen LogP contribution is 2.17. The standard InChI is InChI=1S/C10H11N3O3/c1-10(12,6-11)7-16-9-4-2-8(3-5-9)13(14)15/h2-5H,7,12H2,1H3. The molecule has 1 atom stereocenters. The van der Waals surface area contributed by atoms with Crippen LogP contribution < -0.4 is 10.5 Å². The van der Waals surface area contributed by atoms with E-state index in [1.165, 1.54) is 24.3 Å². The maximum Gasteiger partial charge on any atom is 0.269 e. The van der Waals surface area contributed by atoms with Crippen molar-refractivity contribution < 1.29 is 9.66 Å². The van der Waals surface area contributed by atoms with E-state index in [0.717, 1.165) is 0 Å². The lowest BCUT2D eigenvalue weighted by Gasteiger charge is -2.15. The molecule has 0 aliphatic rings. The summed E-state index contributed by atoms with van der Waals surface area (Å²) in [5, 5.41) is 19.0. The molecular weight excluding hydrogens is 210 g/mol. The minimum absolute atomic E-state index is 0.0110. The van der Waals surface area contributed by atoms with Crippen LogP contribution in [0.4, 0.5) is 5.69 Å². The van der Waals surface area contributed by atoms with E-state index in [4.69, 9.17) is 15.7 Å². The Hall–Kier alpha value is -2.13. The van der Waals surface area contributed by atoms with Gasteiger partial charge in [-0.25, -0.2) is 0 Å². The summed E-state index contributed by atoms with van der Waals surface area (Å²) in [7, 11) is 0. The molecule has 0 aromatic heterocycles. The first-order chi connectivity index (χ1) is 7.44. The van der Waals surface area contributed by atoms with E-state index in [0.29, 0.717) is 5.75 Å². The maximum absolute atomic E-state index is 10.4. The Labute approximate surface area is 92.4 Å². The van der Waals surface area contributed by atoms with Crippen LogP contribution >= 0.6 is 0 Å². The minimum Gasteiger partial charge on any atom is -0.491 e. The summed E-state index contributed by atoms with van der Waals surface area (Å²) in [6.45, 7) is 1.57. The number of nitriles is 1. The normalized spacial score (nSPS) is 13.6. The molecule has 0 radical (unpaired) electrons. The van der Waals surface area contributed by atoms with Gasteiger partial charge >= 0.3 is 0 Å². The second-order valence-corrected chi connectivity index (χ2v) is 3.57. The molecule has 1 unspecified atom stereocenters. The lowest BCUT2D eigenvalue weighted by atomic mass is 10.1. The summed E-state index contributed by atoms with van der Waals surface area (Å²) in [4.78, 5) is 9.88. The predicted octanol–water partition coefficient (Wildman–Crippen LogP) is 1.21. The van der Waals surface area contributed by atoms with Gasteiger partial charge in [0.2, 0.25) is 0 Å². The van der Waals surface area contributed by atoms with E-state index in [9.17, 15) is 10.1 Å². The van der Waals surface area contributed by atoms with Crippen molar-refractivity contribution in [2.75, 3.05) is 6.61 Å². The van der Waals surface area contributed by atoms with E-state index in [1.807, 2.05) is 6.07 Å². The zero-order valence-corrected chi connectivity index (χ0v) is 8.71. The van der Waals surface area contributed by atoms with Gasteiger partial charge in [-0.1, -0.05) is 0 Å². The minimum atomic E-state index is -1.07. The number of non-ortho nitro benzene ring substituents is 1. The molecule has 1 aromatic rings. The molecule has 84 valence electrons. The molecule has 0 saturated heterocycles. The average molecular weight is 221 g/mol. The Bertz CT molecular complexity index is 420. The predicted molar refractivity (Wildman–Crippen MR) is 56.8 cm³/mol. The van der Waals surface area contributed by atoms with Gasteiger partial charge < -0.3 is 10.5 Å². The molecule has 2 N–H and O–H groups in total. The van der Waals surface area contributed by atoms with Crippen LogP contribution in [-0.2, 0) is 0 Å². The van der Waals surface area contributed by atoms with Crippen molar-refractivity contribution >= 4 is 5.69 Å². The summed E-state index contributed by atoms with van der Waals surface area (Å²) >= 11 is 0. The molecular formula is C10H11N3O3. The topological polar surface area (TPSA) is 102 Å². The number of benzene rings is 1. The average Bonchev–Trinajstić information content (AvgIpc) is 2.27. The molecule has 0 fully saturated rings. The van der Waals surface area contributed by atoms with Crippen molar-refractivity contribution in [1.29, 1.82) is 5.26 Å². The number of nitro groups is 1. The van der Waals surface area contributed by atoms with Crippen LogP contribution in [0.25, 0.3) is 0 Å². The van der Waals surface area contributed by atoms with Crippen LogP contribution in [0.5, 0.6) is 5.75 Å². The van der Waals surface area contributed by atoms with E-state index in [-0.39, 0.29) is 12.3 Å². The smallest absolute Gasteiger partial charge is 0.269 e. The number of hydrogen-bond acceptors (Lipinski definition) is 5. The highest BCUT2D eigenvalue weighted by Gasteiger charge is 2.18. The van der Waals surface area contributed by atoms with E-state index < -0.39 is 10.5 Å². The highest BCUT2D eigenvalue weighted by molar-refractivity contribution is 5.36. The Morgan fingerprint density at radius 3 is 2.56 bits per heavy atom. The number of nitrogens with zero attached hydrogens (tertiary/aromatic N) is 2. The van der Waals surface area contributed by atoms with E-state index in [2.05, 4.69) is 0 Å². The van der Waals surface area contributed by atoms with Crippen molar-refractivity contribution in [3.8, 4) is 11.8 Å². The molecule has 6 nitrogen and oxygen atoms in total. The molecule has 1 aromatic carbocycles. The SMILES string of the molecule is CC(N)(C#N)COc1ccc([N+](=O)[O-])cc1. The molecule has 0 heterocycles. The molecule has 16 heavy (non-hydrogen) atoms. The van der Waals surface area contributed by atoms with Gasteiger partial charge in [-0.05, 0) is 19.1 Å². The van der Waals surface area contributed by atoms with Crippen molar-refractivity contribution in [3.05, 3.63) is 34.4 Å². The van der Waals surface area contributed by atoms with Gasteiger partial charge in [0, 0.05) is 12.1 Å². The maximum atomic E-state index is 10.4. The largest absolute Gasteiger partial charge is 0.491 e. The summed E-state index contributed by atoms with van der Waals surface area (Å²) in [6, 6.07) is 7.47. The van der Waals surface area contributed by atoms with Crippen molar-refractivity contribution in [3.63, 3.8) is 0 Å². The third-order valence-electron chi connectivity index (χ3n) is 1.84. The molecule has 0 bridgehead atoms. The monoisotopic (exact) mass is 221 g/mol. The number of rotatable bonds is 4. The third kappa shape index (κ3) is 3.22. The summed E-state index contributed by atoms with van der Waals surface area (Å²) in [5.74, 6) is 0.442. The zero-order chi connectivity index (χ0) is 12.2. The summed E-state index contributed by atoms with van der Waals surface area (Å²) < 4.78 is 5.23. The lowest BCUT2D eigenvalue weighted by Crippen LogP contribution is -2.40. The lowest BCUT2D eigenvalue weighted by molar-refractivity contribution is -0.384. The van der Waals surface area contributed by atoms with Gasteiger partial charge in [-0.2, -0.15) is 5.26 Å². The summed E-state index contributed by atoms with van der Waals surface area (Å²) in [6.07, 6.45) is 0. The van der Waals surface area contributed by atoms with Gasteiger partial charge in [0.1, 0.15) is 17.9 Å². The third-order valence-corrected chi connectivity index (χ3v) is 1.84. The van der Waals surface area contributed by atoms with Crippen LogP contribution in [0.2, 0.25) is 0 Å². The fourth-order valence-corrected chi connectivity index (χ4v) is 0.930. The first-order valence-electron chi connectivity index (χ1n) is 4.52. The molecule has 0 spiro atoms. The molecule has 6 heteroatoms. The van der Waals surface area contributed by atoms with Crippen molar-refractivity contribution in [2.24, 2.45) is 5.73 Å². The fourth-order valence-electron chi connectivity index (χ4n) is 0.930. The Balaban J connectivity index is 2.64. The number of ether oxygens (including phenoxy) is 1. The number of nitro benzene ring substituents is 1. The number of nitrogens with two attached hydrogens (primary N) is 1. The second kappa shape index (κ2) is 4.59. The summed E-state index contributed by atoms with van der Waals surface area (Å²) in [5.41, 5.74) is 4.47. The van der Waals surface area contributed by atoms with Crippen LogP contribution in [0, 0.1) is 21.4 Å². The second-order valence-electron chi connectivity index (χ2n) is 3.57. The molecule has 0 aliphatic carbocycles. The number of hydrogen-bond donors (Lipinski definition) is 1. The van der Waals surface area contributed by atoms with E-state index in [1.54, 1.807) is 6.92 Å². The molecule has 0 aliphatic heterocycles. The van der Waals surface area contributed by atoms with Gasteiger partial charge in [-0.3, -0.25) is 10.1 Å². The van der Waals surface area contributed by atoms with Crippen molar-refractivity contribution in [1.82, 2.24) is 0 Å². The van der Waals surface area contributed by atoms with E-state index >= 15 is 0 Å². The van der Waals surface area contributed by atoms with Gasteiger partial charge in [0.25, 0.3) is 5.69 Å². The van der Waals surface area contributed by atoms with Gasteiger partial charge in [-0.15, -0.1) is 0 Å². The first-order valence-corrected chi connectivity index (χ1v) is 4.52. The Morgan fingerprint density at radius 2 is 2.12 bits per heavy atom. The first kappa shape index (κ1) is 11.9. The molecule has 0 saturated carbocycles. The Morgan fingerprint density at radius 1 is 1.56 bits per heavy atom. The molecule has 0 amide bonds. The van der Waals surface area contributed by atoms with Crippen LogP contribution in [0.15, 0.2) is 24.3 Å². The van der Waals surface area contributed by atoms with Gasteiger partial charge in [0.05, 0.1) is 11.0 Å². The van der Waals surface area contributed by atoms with Crippen LogP contribution in [0.3, 0.4) is 0 Å². The Kier molecular flexibility index (Phi) is 3.43.